The molecule has 1 aromatic rings. The van der Waals surface area contributed by atoms with E-state index >= 15 is 0 Å². The van der Waals surface area contributed by atoms with E-state index in [2.05, 4.69) is 18.8 Å². The van der Waals surface area contributed by atoms with Crippen molar-refractivity contribution in [3.8, 4) is 0 Å². The van der Waals surface area contributed by atoms with E-state index in [1.54, 1.807) is 6.20 Å². The standard InChI is InChI=1S/C11H18N2/c1-9(2)4-3-5-11-7-6-10(12)8-13-11/h6-9H,3-5,12H2,1-2H3. The quantitative estimate of drug-likeness (QED) is 0.769. The van der Waals surface area contributed by atoms with E-state index in [-0.39, 0.29) is 0 Å². The topological polar surface area (TPSA) is 38.9 Å². The van der Waals surface area contributed by atoms with Gasteiger partial charge in [-0.2, -0.15) is 0 Å². The highest BCUT2D eigenvalue weighted by Crippen LogP contribution is 2.09. The summed E-state index contributed by atoms with van der Waals surface area (Å²) in [6.45, 7) is 4.49. The van der Waals surface area contributed by atoms with E-state index in [0.29, 0.717) is 0 Å². The molecule has 0 unspecified atom stereocenters. The molecule has 0 spiro atoms. The maximum absolute atomic E-state index is 5.54. The number of hydrogen-bond acceptors (Lipinski definition) is 2. The van der Waals surface area contributed by atoms with Gasteiger partial charge < -0.3 is 5.73 Å². The average Bonchev–Trinajstić information content (AvgIpc) is 2.08. The van der Waals surface area contributed by atoms with Gasteiger partial charge in [-0.05, 0) is 30.9 Å². The van der Waals surface area contributed by atoms with Crippen LogP contribution in [0.1, 0.15) is 32.4 Å². The Morgan fingerprint density at radius 1 is 1.38 bits per heavy atom. The van der Waals surface area contributed by atoms with Crippen molar-refractivity contribution in [1.29, 1.82) is 0 Å². The first-order chi connectivity index (χ1) is 6.18. The number of hydrogen-bond donors (Lipinski definition) is 1. The van der Waals surface area contributed by atoms with Crippen molar-refractivity contribution in [3.63, 3.8) is 0 Å². The van der Waals surface area contributed by atoms with Gasteiger partial charge in [-0.1, -0.05) is 20.3 Å². The fourth-order valence-electron chi connectivity index (χ4n) is 1.28. The van der Waals surface area contributed by atoms with E-state index in [0.717, 1.165) is 23.7 Å². The molecule has 13 heavy (non-hydrogen) atoms. The minimum Gasteiger partial charge on any atom is -0.397 e. The number of nitrogen functional groups attached to an aromatic ring is 1. The molecular formula is C11H18N2. The van der Waals surface area contributed by atoms with Crippen LogP contribution in [0.15, 0.2) is 18.3 Å². The molecule has 0 bridgehead atoms. The summed E-state index contributed by atoms with van der Waals surface area (Å²) in [5.74, 6) is 0.786. The number of aryl methyl sites for hydroxylation is 1. The van der Waals surface area contributed by atoms with E-state index in [9.17, 15) is 0 Å². The number of pyridine rings is 1. The molecule has 0 aliphatic carbocycles. The lowest BCUT2D eigenvalue weighted by atomic mass is 10.1. The van der Waals surface area contributed by atoms with Crippen LogP contribution < -0.4 is 5.73 Å². The zero-order chi connectivity index (χ0) is 9.68. The molecule has 2 heteroatoms. The molecule has 2 N–H and O–H groups in total. The minimum absolute atomic E-state index is 0.743. The van der Waals surface area contributed by atoms with Gasteiger partial charge in [0.1, 0.15) is 0 Å². The van der Waals surface area contributed by atoms with Gasteiger partial charge in [0.05, 0.1) is 11.9 Å². The second-order valence-electron chi connectivity index (χ2n) is 3.87. The molecule has 2 nitrogen and oxygen atoms in total. The highest BCUT2D eigenvalue weighted by molar-refractivity contribution is 5.34. The van der Waals surface area contributed by atoms with E-state index < -0.39 is 0 Å². The van der Waals surface area contributed by atoms with Crippen LogP contribution in [0, 0.1) is 5.92 Å². The van der Waals surface area contributed by atoms with Crippen LogP contribution in [0.4, 0.5) is 5.69 Å². The van der Waals surface area contributed by atoms with Crippen LogP contribution in [0.2, 0.25) is 0 Å². The zero-order valence-electron chi connectivity index (χ0n) is 8.46. The average molecular weight is 178 g/mol. The molecule has 1 heterocycles. The van der Waals surface area contributed by atoms with Crippen molar-refractivity contribution in [1.82, 2.24) is 4.98 Å². The summed E-state index contributed by atoms with van der Waals surface area (Å²) in [6.07, 6.45) is 5.28. The fraction of sp³-hybridized carbons (Fsp3) is 0.545. The number of rotatable bonds is 4. The van der Waals surface area contributed by atoms with Crippen LogP contribution in [-0.2, 0) is 6.42 Å². The molecule has 1 rings (SSSR count). The molecule has 0 radical (unpaired) electrons. The second kappa shape index (κ2) is 4.85. The third kappa shape index (κ3) is 3.92. The SMILES string of the molecule is CC(C)CCCc1ccc(N)cn1. The molecule has 0 saturated carbocycles. The van der Waals surface area contributed by atoms with Gasteiger partial charge in [0.2, 0.25) is 0 Å². The Morgan fingerprint density at radius 2 is 2.15 bits per heavy atom. The number of anilines is 1. The largest absolute Gasteiger partial charge is 0.397 e. The minimum atomic E-state index is 0.743. The Labute approximate surface area is 80.2 Å². The lowest BCUT2D eigenvalue weighted by molar-refractivity contribution is 0.553. The van der Waals surface area contributed by atoms with Gasteiger partial charge >= 0.3 is 0 Å². The molecule has 0 amide bonds. The molecule has 0 fully saturated rings. The van der Waals surface area contributed by atoms with Crippen molar-refractivity contribution in [2.24, 2.45) is 5.92 Å². The van der Waals surface area contributed by atoms with E-state index in [4.69, 9.17) is 5.73 Å². The summed E-state index contributed by atoms with van der Waals surface area (Å²) in [4.78, 5) is 4.25. The summed E-state index contributed by atoms with van der Waals surface area (Å²) in [6, 6.07) is 3.92. The van der Waals surface area contributed by atoms with Gasteiger partial charge in [-0.3, -0.25) is 4.98 Å². The number of nitrogens with zero attached hydrogens (tertiary/aromatic N) is 1. The van der Waals surface area contributed by atoms with Crippen LogP contribution in [0.25, 0.3) is 0 Å². The van der Waals surface area contributed by atoms with Gasteiger partial charge in [-0.15, -0.1) is 0 Å². The molecule has 1 aromatic heterocycles. The van der Waals surface area contributed by atoms with E-state index in [1.807, 2.05) is 12.1 Å². The Morgan fingerprint density at radius 3 is 2.69 bits per heavy atom. The molecule has 0 saturated heterocycles. The van der Waals surface area contributed by atoms with Crippen LogP contribution in [0.3, 0.4) is 0 Å². The highest BCUT2D eigenvalue weighted by Gasteiger charge is 1.97. The second-order valence-corrected chi connectivity index (χ2v) is 3.87. The Kier molecular flexibility index (Phi) is 3.74. The first-order valence-corrected chi connectivity index (χ1v) is 4.89. The first kappa shape index (κ1) is 10.0. The Hall–Kier alpha value is -1.05. The van der Waals surface area contributed by atoms with Crippen LogP contribution in [-0.4, -0.2) is 4.98 Å². The number of nitrogens with two attached hydrogens (primary N) is 1. The molecule has 72 valence electrons. The highest BCUT2D eigenvalue weighted by atomic mass is 14.7. The van der Waals surface area contributed by atoms with Crippen molar-refractivity contribution in [2.75, 3.05) is 5.73 Å². The maximum Gasteiger partial charge on any atom is 0.0501 e. The van der Waals surface area contributed by atoms with Crippen molar-refractivity contribution >= 4 is 5.69 Å². The number of aromatic nitrogens is 1. The Balaban J connectivity index is 2.33. The fourth-order valence-corrected chi connectivity index (χ4v) is 1.28. The third-order valence-electron chi connectivity index (χ3n) is 2.06. The predicted octanol–water partition coefficient (Wildman–Crippen LogP) is 2.64. The summed E-state index contributed by atoms with van der Waals surface area (Å²) < 4.78 is 0. The molecule has 0 atom stereocenters. The smallest absolute Gasteiger partial charge is 0.0501 e. The van der Waals surface area contributed by atoms with Crippen LogP contribution in [0.5, 0.6) is 0 Å². The van der Waals surface area contributed by atoms with Gasteiger partial charge in [0, 0.05) is 5.69 Å². The van der Waals surface area contributed by atoms with Gasteiger partial charge in [0.25, 0.3) is 0 Å². The lowest BCUT2D eigenvalue weighted by Crippen LogP contribution is -1.94. The summed E-state index contributed by atoms with van der Waals surface area (Å²) in [5.41, 5.74) is 7.43. The third-order valence-corrected chi connectivity index (χ3v) is 2.06. The molecule has 0 aromatic carbocycles. The van der Waals surface area contributed by atoms with Crippen molar-refractivity contribution in [3.05, 3.63) is 24.0 Å². The summed E-state index contributed by atoms with van der Waals surface area (Å²) in [7, 11) is 0. The lowest BCUT2D eigenvalue weighted by Gasteiger charge is -2.03. The van der Waals surface area contributed by atoms with Gasteiger partial charge in [0.15, 0.2) is 0 Å². The first-order valence-electron chi connectivity index (χ1n) is 4.89. The zero-order valence-corrected chi connectivity index (χ0v) is 8.46. The normalized spacial score (nSPS) is 10.7. The van der Waals surface area contributed by atoms with Gasteiger partial charge in [-0.25, -0.2) is 0 Å². The predicted molar refractivity (Wildman–Crippen MR) is 56.4 cm³/mol. The van der Waals surface area contributed by atoms with Crippen molar-refractivity contribution in [2.45, 2.75) is 33.1 Å². The monoisotopic (exact) mass is 178 g/mol. The van der Waals surface area contributed by atoms with E-state index in [1.165, 1.54) is 12.8 Å². The maximum atomic E-state index is 5.54. The molecule has 0 aliphatic heterocycles. The summed E-state index contributed by atoms with van der Waals surface area (Å²) >= 11 is 0. The van der Waals surface area contributed by atoms with Crippen LogP contribution >= 0.6 is 0 Å². The molecule has 0 aliphatic rings. The molecular weight excluding hydrogens is 160 g/mol. The van der Waals surface area contributed by atoms with Crippen molar-refractivity contribution < 1.29 is 0 Å². The Bertz CT molecular complexity index is 239. The summed E-state index contributed by atoms with van der Waals surface area (Å²) in [5, 5.41) is 0.